The third-order valence-electron chi connectivity index (χ3n) is 2.28. The SMILES string of the molecule is CCC(CC)Nc1ccc(F)c(Br)c1. The van der Waals surface area contributed by atoms with E-state index in [-0.39, 0.29) is 5.82 Å². The summed E-state index contributed by atoms with van der Waals surface area (Å²) in [7, 11) is 0. The van der Waals surface area contributed by atoms with E-state index in [1.165, 1.54) is 6.07 Å². The molecule has 0 saturated heterocycles. The van der Waals surface area contributed by atoms with Gasteiger partial charge in [-0.25, -0.2) is 4.39 Å². The van der Waals surface area contributed by atoms with E-state index in [0.29, 0.717) is 10.5 Å². The van der Waals surface area contributed by atoms with Gasteiger partial charge in [-0.15, -0.1) is 0 Å². The summed E-state index contributed by atoms with van der Waals surface area (Å²) >= 11 is 3.16. The minimum Gasteiger partial charge on any atom is -0.382 e. The van der Waals surface area contributed by atoms with Crippen LogP contribution in [0.3, 0.4) is 0 Å². The average Bonchev–Trinajstić information content (AvgIpc) is 2.19. The molecule has 0 fully saturated rings. The molecule has 0 amide bonds. The first-order valence-electron chi connectivity index (χ1n) is 4.89. The summed E-state index contributed by atoms with van der Waals surface area (Å²) in [5.41, 5.74) is 0.965. The molecular formula is C11H15BrFN. The minimum atomic E-state index is -0.222. The highest BCUT2D eigenvalue weighted by Gasteiger charge is 2.04. The standard InChI is InChI=1S/C11H15BrFN/c1-3-8(4-2)14-9-5-6-11(13)10(12)7-9/h5-8,14H,3-4H2,1-2H3. The number of anilines is 1. The molecule has 1 rings (SSSR count). The van der Waals surface area contributed by atoms with Gasteiger partial charge in [0, 0.05) is 11.7 Å². The van der Waals surface area contributed by atoms with E-state index >= 15 is 0 Å². The Morgan fingerprint density at radius 3 is 2.50 bits per heavy atom. The molecule has 0 aliphatic rings. The Morgan fingerprint density at radius 1 is 1.36 bits per heavy atom. The number of nitrogens with one attached hydrogen (secondary N) is 1. The molecule has 0 atom stereocenters. The first kappa shape index (κ1) is 11.5. The Hall–Kier alpha value is -0.570. The van der Waals surface area contributed by atoms with Gasteiger partial charge >= 0.3 is 0 Å². The van der Waals surface area contributed by atoms with Crippen molar-refractivity contribution in [3.05, 3.63) is 28.5 Å². The van der Waals surface area contributed by atoms with Gasteiger partial charge in [-0.05, 0) is 47.0 Å². The lowest BCUT2D eigenvalue weighted by molar-refractivity contribution is 0.620. The summed E-state index contributed by atoms with van der Waals surface area (Å²) in [6, 6.07) is 5.47. The molecule has 14 heavy (non-hydrogen) atoms. The van der Waals surface area contributed by atoms with Crippen LogP contribution >= 0.6 is 15.9 Å². The fourth-order valence-electron chi connectivity index (χ4n) is 1.31. The molecule has 0 aromatic heterocycles. The normalized spacial score (nSPS) is 10.6. The van der Waals surface area contributed by atoms with Crippen LogP contribution in [-0.2, 0) is 0 Å². The summed E-state index contributed by atoms with van der Waals surface area (Å²) in [5.74, 6) is -0.222. The van der Waals surface area contributed by atoms with Gasteiger partial charge in [0.1, 0.15) is 5.82 Å². The van der Waals surface area contributed by atoms with E-state index in [2.05, 4.69) is 35.1 Å². The van der Waals surface area contributed by atoms with Crippen molar-refractivity contribution in [2.24, 2.45) is 0 Å². The van der Waals surface area contributed by atoms with Crippen molar-refractivity contribution in [1.82, 2.24) is 0 Å². The van der Waals surface area contributed by atoms with Crippen molar-refractivity contribution in [1.29, 1.82) is 0 Å². The molecule has 1 N–H and O–H groups in total. The fraction of sp³-hybridized carbons (Fsp3) is 0.455. The second-order valence-corrected chi connectivity index (χ2v) is 4.14. The molecule has 0 unspecified atom stereocenters. The van der Waals surface area contributed by atoms with Crippen LogP contribution in [0.25, 0.3) is 0 Å². The molecule has 0 spiro atoms. The Bertz CT molecular complexity index is 297. The topological polar surface area (TPSA) is 12.0 Å². The molecular weight excluding hydrogens is 245 g/mol. The zero-order chi connectivity index (χ0) is 10.6. The van der Waals surface area contributed by atoms with E-state index in [0.717, 1.165) is 18.5 Å². The van der Waals surface area contributed by atoms with Crippen molar-refractivity contribution >= 4 is 21.6 Å². The smallest absolute Gasteiger partial charge is 0.137 e. The lowest BCUT2D eigenvalue weighted by Gasteiger charge is -2.16. The van der Waals surface area contributed by atoms with Crippen molar-refractivity contribution in [2.45, 2.75) is 32.7 Å². The average molecular weight is 260 g/mol. The van der Waals surface area contributed by atoms with Crippen molar-refractivity contribution in [3.8, 4) is 0 Å². The van der Waals surface area contributed by atoms with Gasteiger partial charge in [0.25, 0.3) is 0 Å². The van der Waals surface area contributed by atoms with E-state index in [1.807, 2.05) is 0 Å². The molecule has 3 heteroatoms. The van der Waals surface area contributed by atoms with E-state index in [4.69, 9.17) is 0 Å². The Kier molecular flexibility index (Phi) is 4.39. The third kappa shape index (κ3) is 2.98. The number of benzene rings is 1. The van der Waals surface area contributed by atoms with Crippen molar-refractivity contribution < 1.29 is 4.39 Å². The van der Waals surface area contributed by atoms with Crippen molar-refractivity contribution in [2.75, 3.05) is 5.32 Å². The van der Waals surface area contributed by atoms with Gasteiger partial charge in [-0.3, -0.25) is 0 Å². The third-order valence-corrected chi connectivity index (χ3v) is 2.88. The number of halogens is 2. The largest absolute Gasteiger partial charge is 0.382 e. The van der Waals surface area contributed by atoms with Crippen LogP contribution < -0.4 is 5.32 Å². The van der Waals surface area contributed by atoms with Gasteiger partial charge in [0.05, 0.1) is 4.47 Å². The molecule has 78 valence electrons. The monoisotopic (exact) mass is 259 g/mol. The van der Waals surface area contributed by atoms with E-state index in [9.17, 15) is 4.39 Å². The quantitative estimate of drug-likeness (QED) is 0.855. The highest BCUT2D eigenvalue weighted by molar-refractivity contribution is 9.10. The predicted molar refractivity (Wildman–Crippen MR) is 62.1 cm³/mol. The maximum atomic E-state index is 12.9. The summed E-state index contributed by atoms with van der Waals surface area (Å²) in [6.45, 7) is 4.28. The summed E-state index contributed by atoms with van der Waals surface area (Å²) in [4.78, 5) is 0. The second kappa shape index (κ2) is 5.35. The van der Waals surface area contributed by atoms with Gasteiger partial charge in [-0.1, -0.05) is 13.8 Å². The van der Waals surface area contributed by atoms with Crippen LogP contribution in [0.15, 0.2) is 22.7 Å². The first-order valence-corrected chi connectivity index (χ1v) is 5.68. The lowest BCUT2D eigenvalue weighted by atomic mass is 10.1. The maximum absolute atomic E-state index is 12.9. The van der Waals surface area contributed by atoms with Crippen LogP contribution in [0.1, 0.15) is 26.7 Å². The minimum absolute atomic E-state index is 0.222. The summed E-state index contributed by atoms with van der Waals surface area (Å²) in [5, 5.41) is 3.35. The Morgan fingerprint density at radius 2 is 2.00 bits per heavy atom. The van der Waals surface area contributed by atoms with E-state index < -0.39 is 0 Å². The Balaban J connectivity index is 2.72. The van der Waals surface area contributed by atoms with Crippen LogP contribution in [0, 0.1) is 5.82 Å². The zero-order valence-electron chi connectivity index (χ0n) is 8.48. The molecule has 0 bridgehead atoms. The molecule has 0 radical (unpaired) electrons. The highest BCUT2D eigenvalue weighted by Crippen LogP contribution is 2.21. The molecule has 0 aliphatic carbocycles. The number of hydrogen-bond acceptors (Lipinski definition) is 1. The molecule has 1 nitrogen and oxygen atoms in total. The maximum Gasteiger partial charge on any atom is 0.137 e. The van der Waals surface area contributed by atoms with Gasteiger partial charge < -0.3 is 5.32 Å². The second-order valence-electron chi connectivity index (χ2n) is 3.29. The highest BCUT2D eigenvalue weighted by atomic mass is 79.9. The molecule has 0 saturated carbocycles. The van der Waals surface area contributed by atoms with Gasteiger partial charge in [0.15, 0.2) is 0 Å². The fourth-order valence-corrected chi connectivity index (χ4v) is 1.69. The van der Waals surface area contributed by atoms with Crippen molar-refractivity contribution in [3.63, 3.8) is 0 Å². The van der Waals surface area contributed by atoms with Gasteiger partial charge in [-0.2, -0.15) is 0 Å². The molecule has 1 aromatic carbocycles. The molecule has 1 aromatic rings. The summed E-state index contributed by atoms with van der Waals surface area (Å²) < 4.78 is 13.4. The van der Waals surface area contributed by atoms with Gasteiger partial charge in [0.2, 0.25) is 0 Å². The number of hydrogen-bond donors (Lipinski definition) is 1. The predicted octanol–water partition coefficient (Wildman–Crippen LogP) is 4.19. The Labute approximate surface area is 92.8 Å². The first-order chi connectivity index (χ1) is 6.67. The van der Waals surface area contributed by atoms with Crippen LogP contribution in [0.2, 0.25) is 0 Å². The number of rotatable bonds is 4. The molecule has 0 aliphatic heterocycles. The molecule has 0 heterocycles. The van der Waals surface area contributed by atoms with Crippen LogP contribution in [-0.4, -0.2) is 6.04 Å². The zero-order valence-corrected chi connectivity index (χ0v) is 10.1. The van der Waals surface area contributed by atoms with E-state index in [1.54, 1.807) is 12.1 Å². The van der Waals surface area contributed by atoms with Crippen LogP contribution in [0.4, 0.5) is 10.1 Å². The summed E-state index contributed by atoms with van der Waals surface area (Å²) in [6.07, 6.45) is 2.15. The lowest BCUT2D eigenvalue weighted by Crippen LogP contribution is -2.16. The van der Waals surface area contributed by atoms with Crippen LogP contribution in [0.5, 0.6) is 0 Å².